The van der Waals surface area contributed by atoms with Gasteiger partial charge in [-0.25, -0.2) is 0 Å². The number of phenols is 1. The Morgan fingerprint density at radius 1 is 1.14 bits per heavy atom. The van der Waals surface area contributed by atoms with Crippen molar-refractivity contribution in [2.45, 2.75) is 18.2 Å². The van der Waals surface area contributed by atoms with Crippen LogP contribution in [0.15, 0.2) is 63.0 Å². The van der Waals surface area contributed by atoms with Crippen molar-refractivity contribution in [2.75, 3.05) is 0 Å². The molecular formula is C15H15BrN2O3S. The fraction of sp³-hybridized carbons (Fsp3) is 0.133. The van der Waals surface area contributed by atoms with Gasteiger partial charge in [0.25, 0.3) is 10.0 Å². The summed E-state index contributed by atoms with van der Waals surface area (Å²) in [5, 5.41) is 13.3. The van der Waals surface area contributed by atoms with Gasteiger partial charge in [0.05, 0.1) is 10.6 Å². The average Bonchev–Trinajstić information content (AvgIpc) is 2.50. The minimum absolute atomic E-state index is 0.139. The first-order valence-corrected chi connectivity index (χ1v) is 8.83. The molecule has 0 bridgehead atoms. The van der Waals surface area contributed by atoms with Crippen LogP contribution in [0.25, 0.3) is 0 Å². The minimum Gasteiger partial charge on any atom is -0.508 e. The Morgan fingerprint density at radius 3 is 2.27 bits per heavy atom. The first-order valence-electron chi connectivity index (χ1n) is 6.55. The predicted molar refractivity (Wildman–Crippen MR) is 89.4 cm³/mol. The van der Waals surface area contributed by atoms with Gasteiger partial charge in [-0.05, 0) is 60.5 Å². The quantitative estimate of drug-likeness (QED) is 0.615. The van der Waals surface area contributed by atoms with Crippen molar-refractivity contribution in [3.05, 3.63) is 58.6 Å². The molecule has 0 radical (unpaired) electrons. The molecule has 0 unspecified atom stereocenters. The second-order valence-corrected chi connectivity index (χ2v) is 7.08. The van der Waals surface area contributed by atoms with Crippen LogP contribution in [0.3, 0.4) is 0 Å². The Balaban J connectivity index is 2.24. The molecule has 0 amide bonds. The molecule has 0 atom stereocenters. The molecule has 2 N–H and O–H groups in total. The molecule has 0 saturated heterocycles. The highest BCUT2D eigenvalue weighted by Gasteiger charge is 2.13. The van der Waals surface area contributed by atoms with Crippen LogP contribution in [0.5, 0.6) is 5.75 Å². The van der Waals surface area contributed by atoms with Gasteiger partial charge in [-0.1, -0.05) is 22.9 Å². The summed E-state index contributed by atoms with van der Waals surface area (Å²) in [5.74, 6) is 0.148. The Morgan fingerprint density at radius 2 is 1.73 bits per heavy atom. The van der Waals surface area contributed by atoms with Crippen LogP contribution in [0.4, 0.5) is 0 Å². The Bertz CT molecular complexity index is 769. The van der Waals surface area contributed by atoms with Gasteiger partial charge in [0.1, 0.15) is 5.75 Å². The largest absolute Gasteiger partial charge is 0.508 e. The van der Waals surface area contributed by atoms with Crippen LogP contribution in [0.1, 0.15) is 18.9 Å². The lowest BCUT2D eigenvalue weighted by Crippen LogP contribution is -2.20. The van der Waals surface area contributed by atoms with Crippen molar-refractivity contribution in [2.24, 2.45) is 5.10 Å². The van der Waals surface area contributed by atoms with E-state index in [1.54, 1.807) is 24.3 Å². The third-order valence-electron chi connectivity index (χ3n) is 2.96. The van der Waals surface area contributed by atoms with Gasteiger partial charge in [-0.3, -0.25) is 0 Å². The van der Waals surface area contributed by atoms with E-state index in [1.807, 2.05) is 6.92 Å². The number of rotatable bonds is 5. The van der Waals surface area contributed by atoms with Crippen molar-refractivity contribution in [1.82, 2.24) is 4.83 Å². The number of nitrogens with zero attached hydrogens (tertiary/aromatic N) is 1. The zero-order valence-corrected chi connectivity index (χ0v) is 14.2. The van der Waals surface area contributed by atoms with Gasteiger partial charge in [-0.15, -0.1) is 0 Å². The topological polar surface area (TPSA) is 78.8 Å². The zero-order chi connectivity index (χ0) is 16.2. The summed E-state index contributed by atoms with van der Waals surface area (Å²) >= 11 is 3.26. The molecule has 5 nitrogen and oxygen atoms in total. The predicted octanol–water partition coefficient (Wildman–Crippen LogP) is 3.25. The standard InChI is InChI=1S/C15H15BrN2O3S/c1-2-15(11-3-7-13(19)8-4-11)17-18-22(20,21)14-9-5-12(16)6-10-14/h3-10,18-19H,2H2,1H3/b17-15+. The van der Waals surface area contributed by atoms with Crippen LogP contribution < -0.4 is 4.83 Å². The number of hydrogen-bond acceptors (Lipinski definition) is 4. The van der Waals surface area contributed by atoms with E-state index in [4.69, 9.17) is 0 Å². The third kappa shape index (κ3) is 4.08. The summed E-state index contributed by atoms with van der Waals surface area (Å²) in [6.07, 6.45) is 0.549. The summed E-state index contributed by atoms with van der Waals surface area (Å²) in [6.45, 7) is 1.87. The van der Waals surface area contributed by atoms with E-state index in [9.17, 15) is 13.5 Å². The maximum absolute atomic E-state index is 12.2. The van der Waals surface area contributed by atoms with Crippen molar-refractivity contribution in [1.29, 1.82) is 0 Å². The van der Waals surface area contributed by atoms with Crippen molar-refractivity contribution >= 4 is 31.7 Å². The zero-order valence-electron chi connectivity index (χ0n) is 11.8. The van der Waals surface area contributed by atoms with E-state index in [2.05, 4.69) is 25.9 Å². The molecule has 0 spiro atoms. The molecule has 0 heterocycles. The van der Waals surface area contributed by atoms with E-state index in [0.717, 1.165) is 10.0 Å². The fourth-order valence-corrected chi connectivity index (χ4v) is 2.88. The van der Waals surface area contributed by atoms with Crippen molar-refractivity contribution < 1.29 is 13.5 Å². The molecule has 0 aliphatic rings. The Kier molecular flexibility index (Phi) is 5.20. The van der Waals surface area contributed by atoms with E-state index >= 15 is 0 Å². The number of hydrogen-bond donors (Lipinski definition) is 2. The Hall–Kier alpha value is -1.86. The van der Waals surface area contributed by atoms with Crippen LogP contribution in [-0.4, -0.2) is 19.2 Å². The second kappa shape index (κ2) is 6.93. The van der Waals surface area contributed by atoms with Crippen molar-refractivity contribution in [3.8, 4) is 5.75 Å². The molecule has 116 valence electrons. The van der Waals surface area contributed by atoms with E-state index in [1.165, 1.54) is 24.3 Å². The second-order valence-electron chi connectivity index (χ2n) is 4.51. The number of nitrogens with one attached hydrogen (secondary N) is 1. The summed E-state index contributed by atoms with van der Waals surface area (Å²) in [7, 11) is -3.71. The van der Waals surface area contributed by atoms with Crippen molar-refractivity contribution in [3.63, 3.8) is 0 Å². The summed E-state index contributed by atoms with van der Waals surface area (Å²) in [6, 6.07) is 12.7. The molecule has 0 aliphatic carbocycles. The molecule has 2 aromatic carbocycles. The number of benzene rings is 2. The Labute approximate surface area is 137 Å². The summed E-state index contributed by atoms with van der Waals surface area (Å²) < 4.78 is 25.2. The number of sulfonamides is 1. The molecule has 2 rings (SSSR count). The summed E-state index contributed by atoms with van der Waals surface area (Å²) in [4.78, 5) is 2.38. The number of phenolic OH excluding ortho intramolecular Hbond substituents is 1. The van der Waals surface area contributed by atoms with Gasteiger partial charge in [0.15, 0.2) is 0 Å². The first kappa shape index (κ1) is 16.5. The van der Waals surface area contributed by atoms with Gasteiger partial charge >= 0.3 is 0 Å². The molecule has 0 saturated carbocycles. The molecule has 0 aliphatic heterocycles. The van der Waals surface area contributed by atoms with E-state index in [0.29, 0.717) is 12.1 Å². The lowest BCUT2D eigenvalue weighted by Gasteiger charge is -2.07. The van der Waals surface area contributed by atoms with Gasteiger partial charge < -0.3 is 5.11 Å². The van der Waals surface area contributed by atoms with Gasteiger partial charge in [-0.2, -0.15) is 18.4 Å². The highest BCUT2D eigenvalue weighted by Crippen LogP contribution is 2.15. The molecule has 0 aromatic heterocycles. The molecule has 0 fully saturated rings. The molecule has 22 heavy (non-hydrogen) atoms. The fourth-order valence-electron chi connectivity index (χ4n) is 1.78. The van der Waals surface area contributed by atoms with Crippen LogP contribution >= 0.6 is 15.9 Å². The lowest BCUT2D eigenvalue weighted by atomic mass is 10.1. The van der Waals surface area contributed by atoms with E-state index in [-0.39, 0.29) is 10.6 Å². The normalized spacial score (nSPS) is 12.2. The lowest BCUT2D eigenvalue weighted by molar-refractivity contribution is 0.475. The number of halogens is 1. The monoisotopic (exact) mass is 382 g/mol. The maximum atomic E-state index is 12.2. The number of hydrazone groups is 1. The van der Waals surface area contributed by atoms with E-state index < -0.39 is 10.0 Å². The SMILES string of the molecule is CC/C(=N\NS(=O)(=O)c1ccc(Br)cc1)c1ccc(O)cc1. The maximum Gasteiger partial charge on any atom is 0.276 e. The van der Waals surface area contributed by atoms with Gasteiger partial charge in [0, 0.05) is 4.47 Å². The summed E-state index contributed by atoms with van der Waals surface area (Å²) in [5.41, 5.74) is 1.33. The minimum atomic E-state index is -3.71. The highest BCUT2D eigenvalue weighted by molar-refractivity contribution is 9.10. The van der Waals surface area contributed by atoms with Gasteiger partial charge in [0.2, 0.25) is 0 Å². The van der Waals surface area contributed by atoms with Crippen LogP contribution in [-0.2, 0) is 10.0 Å². The van der Waals surface area contributed by atoms with Crippen LogP contribution in [0.2, 0.25) is 0 Å². The molecule has 7 heteroatoms. The smallest absolute Gasteiger partial charge is 0.276 e. The highest BCUT2D eigenvalue weighted by atomic mass is 79.9. The number of aromatic hydroxyl groups is 1. The van der Waals surface area contributed by atoms with Crippen LogP contribution in [0, 0.1) is 0 Å². The molecular weight excluding hydrogens is 368 g/mol. The first-order chi connectivity index (χ1) is 10.4. The third-order valence-corrected chi connectivity index (χ3v) is 4.71. The average molecular weight is 383 g/mol. The molecule has 2 aromatic rings.